The van der Waals surface area contributed by atoms with Gasteiger partial charge >= 0.3 is 23.9 Å². The maximum absolute atomic E-state index is 11.5. The van der Waals surface area contributed by atoms with Gasteiger partial charge in [0.15, 0.2) is 23.4 Å². The van der Waals surface area contributed by atoms with Gasteiger partial charge in [-0.3, -0.25) is 19.2 Å². The SMILES string of the molecule is CC(=O)OC[C@H]1OC(N=[N+]=N)[C@H](OC(C)=O)[C@@H](OC(C)=O)[C@@H]1OC(C)=O. The highest BCUT2D eigenvalue weighted by Gasteiger charge is 2.54. The number of ether oxygens (including phenoxy) is 5. The lowest BCUT2D eigenvalue weighted by molar-refractivity contribution is -0.252. The van der Waals surface area contributed by atoms with Crippen molar-refractivity contribution in [3.8, 4) is 0 Å². The summed E-state index contributed by atoms with van der Waals surface area (Å²) in [5, 5.41) is 3.49. The third kappa shape index (κ3) is 6.22. The predicted molar refractivity (Wildman–Crippen MR) is 79.2 cm³/mol. The predicted octanol–water partition coefficient (Wildman–Crippen LogP) is -0.380. The molecule has 1 fully saturated rings. The van der Waals surface area contributed by atoms with E-state index < -0.39 is 54.5 Å². The first-order chi connectivity index (χ1) is 12.1. The van der Waals surface area contributed by atoms with E-state index in [2.05, 4.69) is 10.0 Å². The molecule has 0 bridgehead atoms. The van der Waals surface area contributed by atoms with Crippen molar-refractivity contribution in [3.05, 3.63) is 0 Å². The first-order valence-electron chi connectivity index (χ1n) is 7.52. The van der Waals surface area contributed by atoms with E-state index in [1.165, 1.54) is 0 Å². The Hall–Kier alpha value is -2.85. The van der Waals surface area contributed by atoms with Crippen LogP contribution in [-0.2, 0) is 42.9 Å². The summed E-state index contributed by atoms with van der Waals surface area (Å²) in [5.74, 6) is -2.86. The van der Waals surface area contributed by atoms with Crippen molar-refractivity contribution in [2.24, 2.45) is 5.11 Å². The number of hydrogen-bond donors (Lipinski definition) is 1. The van der Waals surface area contributed by atoms with Crippen LogP contribution in [0.2, 0.25) is 0 Å². The quantitative estimate of drug-likeness (QED) is 0.282. The van der Waals surface area contributed by atoms with Crippen LogP contribution < -0.4 is 4.91 Å². The molecule has 12 nitrogen and oxygen atoms in total. The van der Waals surface area contributed by atoms with Crippen molar-refractivity contribution in [2.45, 2.75) is 58.3 Å². The lowest BCUT2D eigenvalue weighted by Gasteiger charge is -2.41. The zero-order chi connectivity index (χ0) is 19.9. The van der Waals surface area contributed by atoms with Crippen LogP contribution >= 0.6 is 0 Å². The minimum atomic E-state index is -1.34. The second kappa shape index (κ2) is 9.59. The maximum atomic E-state index is 11.5. The smallest absolute Gasteiger partial charge is 0.303 e. The van der Waals surface area contributed by atoms with Gasteiger partial charge in [-0.1, -0.05) is 0 Å². The number of esters is 4. The summed E-state index contributed by atoms with van der Waals surface area (Å²) in [6.07, 6.45) is -6.34. The van der Waals surface area contributed by atoms with Crippen LogP contribution in [0.5, 0.6) is 0 Å². The van der Waals surface area contributed by atoms with Gasteiger partial charge in [-0.15, -0.1) is 0 Å². The molecule has 0 aromatic heterocycles. The van der Waals surface area contributed by atoms with E-state index in [9.17, 15) is 19.2 Å². The molecule has 1 N–H and O–H groups in total. The Kier molecular flexibility index (Phi) is 7.81. The molecule has 0 spiro atoms. The fourth-order valence-electron chi connectivity index (χ4n) is 2.36. The molecule has 0 aromatic carbocycles. The first kappa shape index (κ1) is 21.2. The van der Waals surface area contributed by atoms with Gasteiger partial charge in [0.1, 0.15) is 18.2 Å². The van der Waals surface area contributed by atoms with Gasteiger partial charge < -0.3 is 23.7 Å². The highest BCUT2D eigenvalue weighted by molar-refractivity contribution is 5.68. The number of carbonyl (C=O) groups excluding carboxylic acids is 4. The van der Waals surface area contributed by atoms with Gasteiger partial charge in [0.25, 0.3) is 6.23 Å². The van der Waals surface area contributed by atoms with Gasteiger partial charge in [0.2, 0.25) is 4.91 Å². The molecule has 0 aromatic rings. The normalized spacial score (nSPS) is 27.5. The van der Waals surface area contributed by atoms with Crippen LogP contribution in [0.15, 0.2) is 5.11 Å². The molecule has 26 heavy (non-hydrogen) atoms. The Labute approximate surface area is 148 Å². The first-order valence-corrected chi connectivity index (χ1v) is 7.52. The summed E-state index contributed by atoms with van der Waals surface area (Å²) < 4.78 is 25.8. The minimum Gasteiger partial charge on any atom is -0.463 e. The molecule has 5 atom stereocenters. The van der Waals surface area contributed by atoms with Crippen molar-refractivity contribution >= 4 is 23.9 Å². The molecule has 1 heterocycles. The third-order valence-electron chi connectivity index (χ3n) is 3.14. The summed E-state index contributed by atoms with van der Waals surface area (Å²) in [5.41, 5.74) is 6.88. The molecule has 1 aliphatic rings. The molecule has 1 rings (SSSR count). The van der Waals surface area contributed by atoms with E-state index >= 15 is 0 Å². The van der Waals surface area contributed by atoms with Gasteiger partial charge in [0, 0.05) is 27.7 Å². The van der Waals surface area contributed by atoms with Crippen LogP contribution in [0, 0.1) is 5.53 Å². The van der Waals surface area contributed by atoms with Gasteiger partial charge in [-0.2, -0.15) is 0 Å². The van der Waals surface area contributed by atoms with Crippen molar-refractivity contribution in [3.63, 3.8) is 0 Å². The fraction of sp³-hybridized carbons (Fsp3) is 0.714. The molecule has 0 saturated carbocycles. The second-order valence-electron chi connectivity index (χ2n) is 5.31. The summed E-state index contributed by atoms with van der Waals surface area (Å²) in [4.78, 5) is 48.3. The molecular formula is C14H20N3O9+. The van der Waals surface area contributed by atoms with E-state index in [-0.39, 0.29) is 6.61 Å². The van der Waals surface area contributed by atoms with Gasteiger partial charge in [0.05, 0.1) is 0 Å². The molecule has 1 saturated heterocycles. The Balaban J connectivity index is 3.28. The molecule has 0 aliphatic carbocycles. The van der Waals surface area contributed by atoms with Crippen molar-refractivity contribution in [2.75, 3.05) is 6.61 Å². The van der Waals surface area contributed by atoms with Crippen LogP contribution in [-0.4, -0.2) is 61.1 Å². The topological polar surface area (TPSA) is 165 Å². The summed E-state index contributed by atoms with van der Waals surface area (Å²) in [6.45, 7) is 4.13. The monoisotopic (exact) mass is 374 g/mol. The van der Waals surface area contributed by atoms with Crippen molar-refractivity contribution in [1.82, 2.24) is 4.91 Å². The zero-order valence-corrected chi connectivity index (χ0v) is 14.7. The second-order valence-corrected chi connectivity index (χ2v) is 5.31. The van der Waals surface area contributed by atoms with Crippen LogP contribution in [0.4, 0.5) is 0 Å². The van der Waals surface area contributed by atoms with Crippen molar-refractivity contribution in [1.29, 1.82) is 5.53 Å². The Morgan fingerprint density at radius 3 is 1.85 bits per heavy atom. The molecule has 1 unspecified atom stereocenters. The molecule has 12 heteroatoms. The van der Waals surface area contributed by atoms with E-state index in [0.29, 0.717) is 0 Å². The maximum Gasteiger partial charge on any atom is 0.303 e. The number of hydrogen-bond acceptors (Lipinski definition) is 11. The van der Waals surface area contributed by atoms with Crippen LogP contribution in [0.1, 0.15) is 27.7 Å². The summed E-state index contributed by atoms with van der Waals surface area (Å²) in [7, 11) is 0. The lowest BCUT2D eigenvalue weighted by atomic mass is 9.97. The Morgan fingerprint density at radius 2 is 1.38 bits per heavy atom. The lowest BCUT2D eigenvalue weighted by Crippen LogP contribution is -2.61. The third-order valence-corrected chi connectivity index (χ3v) is 3.14. The summed E-state index contributed by atoms with van der Waals surface area (Å²) >= 11 is 0. The fourth-order valence-corrected chi connectivity index (χ4v) is 2.36. The van der Waals surface area contributed by atoms with E-state index in [0.717, 1.165) is 27.7 Å². The summed E-state index contributed by atoms with van der Waals surface area (Å²) in [6, 6.07) is 0. The highest BCUT2D eigenvalue weighted by atomic mass is 16.7. The van der Waals surface area contributed by atoms with E-state index in [1.54, 1.807) is 0 Å². The number of rotatable bonds is 6. The van der Waals surface area contributed by atoms with Crippen LogP contribution in [0.3, 0.4) is 0 Å². The van der Waals surface area contributed by atoms with Gasteiger partial charge in [-0.25, -0.2) is 0 Å². The number of nitrogens with zero attached hydrogens (tertiary/aromatic N) is 2. The van der Waals surface area contributed by atoms with Gasteiger partial charge in [-0.05, 0) is 0 Å². The average Bonchev–Trinajstić information content (AvgIpc) is 2.50. The molecular weight excluding hydrogens is 354 g/mol. The molecule has 0 radical (unpaired) electrons. The number of nitrogens with one attached hydrogen (secondary N) is 1. The van der Waals surface area contributed by atoms with Crippen LogP contribution in [0.25, 0.3) is 0 Å². The standard InChI is InChI=1S/C14H20N3O9/c1-6(18)22-5-10-11(23-7(2)19)12(24-8(3)20)13(25-9(4)21)14(26-10)16-17-15/h10-15H,5H2,1-4H3/q+1/t10-,11-,12+,13-,14?/m1/s1. The number of carbonyl (C=O) groups is 4. The molecule has 1 aliphatic heterocycles. The minimum absolute atomic E-state index is 0.359. The molecule has 0 amide bonds. The Bertz CT molecular complexity index is 617. The van der Waals surface area contributed by atoms with E-state index in [1.807, 2.05) is 0 Å². The van der Waals surface area contributed by atoms with Crippen molar-refractivity contribution < 1.29 is 42.9 Å². The zero-order valence-electron chi connectivity index (χ0n) is 14.7. The molecule has 144 valence electrons. The average molecular weight is 374 g/mol. The largest absolute Gasteiger partial charge is 0.463 e. The highest BCUT2D eigenvalue weighted by Crippen LogP contribution is 2.29. The Morgan fingerprint density at radius 1 is 0.885 bits per heavy atom. The van der Waals surface area contributed by atoms with E-state index in [4.69, 9.17) is 29.2 Å².